The van der Waals surface area contributed by atoms with E-state index in [9.17, 15) is 18.0 Å². The van der Waals surface area contributed by atoms with Crippen molar-refractivity contribution in [2.75, 3.05) is 22.5 Å². The molecule has 27 heavy (non-hydrogen) atoms. The van der Waals surface area contributed by atoms with E-state index in [0.29, 0.717) is 28.5 Å². The number of thioether (sulfide) groups is 1. The molecule has 138 valence electrons. The number of primary amides is 1. The van der Waals surface area contributed by atoms with Gasteiger partial charge in [0.2, 0.25) is 5.91 Å². The van der Waals surface area contributed by atoms with E-state index in [1.807, 2.05) is 4.90 Å². The number of benzene rings is 2. The first-order valence-electron chi connectivity index (χ1n) is 7.96. The number of hydrogen-bond acceptors (Lipinski definition) is 6. The summed E-state index contributed by atoms with van der Waals surface area (Å²) in [6, 6.07) is 11.4. The molecule has 2 aliphatic heterocycles. The maximum atomic E-state index is 12.5. The highest BCUT2D eigenvalue weighted by Crippen LogP contribution is 2.42. The molecule has 8 nitrogen and oxygen atoms in total. The molecule has 0 atom stereocenters. The van der Waals surface area contributed by atoms with Crippen molar-refractivity contribution in [2.24, 2.45) is 10.1 Å². The van der Waals surface area contributed by atoms with Crippen LogP contribution in [0.25, 0.3) is 0 Å². The minimum absolute atomic E-state index is 0.0277. The van der Waals surface area contributed by atoms with E-state index < -0.39 is 15.9 Å². The van der Waals surface area contributed by atoms with Gasteiger partial charge in [0, 0.05) is 28.3 Å². The van der Waals surface area contributed by atoms with Crippen molar-refractivity contribution in [3.8, 4) is 0 Å². The van der Waals surface area contributed by atoms with Gasteiger partial charge >= 0.3 is 0 Å². The van der Waals surface area contributed by atoms with Crippen LogP contribution in [-0.2, 0) is 10.0 Å². The van der Waals surface area contributed by atoms with Crippen LogP contribution in [0.3, 0.4) is 0 Å². The zero-order chi connectivity index (χ0) is 19.2. The third-order valence-corrected chi connectivity index (χ3v) is 6.47. The number of hydrogen-bond donors (Lipinski definition) is 2. The SMILES string of the molecule is NC(=O)c1ccc(NC(=O)c2ccc3c(c2)SC2=NS(=O)(=O)CCN23)cc1. The highest BCUT2D eigenvalue weighted by molar-refractivity contribution is 8.15. The molecule has 0 fully saturated rings. The summed E-state index contributed by atoms with van der Waals surface area (Å²) in [5.74, 6) is -0.880. The van der Waals surface area contributed by atoms with E-state index in [1.54, 1.807) is 30.3 Å². The van der Waals surface area contributed by atoms with Gasteiger partial charge in [-0.1, -0.05) is 0 Å². The van der Waals surface area contributed by atoms with E-state index >= 15 is 0 Å². The van der Waals surface area contributed by atoms with E-state index in [2.05, 4.69) is 9.71 Å². The lowest BCUT2D eigenvalue weighted by Crippen LogP contribution is -2.35. The maximum Gasteiger partial charge on any atom is 0.257 e. The summed E-state index contributed by atoms with van der Waals surface area (Å²) in [6.45, 7) is 0.346. The van der Waals surface area contributed by atoms with E-state index in [0.717, 1.165) is 10.6 Å². The fraction of sp³-hybridized carbons (Fsp3) is 0.118. The minimum Gasteiger partial charge on any atom is -0.366 e. The fourth-order valence-corrected chi connectivity index (χ4v) is 5.09. The van der Waals surface area contributed by atoms with Gasteiger partial charge in [-0.2, -0.15) is 0 Å². The summed E-state index contributed by atoms with van der Waals surface area (Å²) < 4.78 is 27.1. The monoisotopic (exact) mass is 402 g/mol. The molecule has 0 unspecified atom stereocenters. The number of nitrogens with two attached hydrogens (primary N) is 1. The van der Waals surface area contributed by atoms with Crippen molar-refractivity contribution in [2.45, 2.75) is 4.90 Å². The third kappa shape index (κ3) is 3.40. The molecule has 0 bridgehead atoms. The summed E-state index contributed by atoms with van der Waals surface area (Å²) in [5, 5.41) is 3.16. The molecule has 3 N–H and O–H groups in total. The normalized spacial score (nSPS) is 16.9. The van der Waals surface area contributed by atoms with Gasteiger partial charge in [-0.3, -0.25) is 9.59 Å². The molecular weight excluding hydrogens is 388 g/mol. The van der Waals surface area contributed by atoms with Crippen LogP contribution in [0, 0.1) is 0 Å². The highest BCUT2D eigenvalue weighted by Gasteiger charge is 2.33. The molecular formula is C17H14N4O4S2. The van der Waals surface area contributed by atoms with Crippen LogP contribution < -0.4 is 16.0 Å². The Hall–Kier alpha value is -2.85. The lowest BCUT2D eigenvalue weighted by molar-refractivity contribution is 0.0998. The topological polar surface area (TPSA) is 122 Å². The van der Waals surface area contributed by atoms with Crippen LogP contribution in [0.1, 0.15) is 20.7 Å². The minimum atomic E-state index is -3.42. The Kier molecular flexibility index (Phi) is 4.16. The molecule has 2 aromatic rings. The number of amides is 2. The second-order valence-corrected chi connectivity index (χ2v) is 8.76. The quantitative estimate of drug-likeness (QED) is 0.805. The van der Waals surface area contributed by atoms with Crippen molar-refractivity contribution < 1.29 is 18.0 Å². The average molecular weight is 402 g/mol. The number of amidine groups is 1. The van der Waals surface area contributed by atoms with Gasteiger partial charge < -0.3 is 16.0 Å². The van der Waals surface area contributed by atoms with Crippen LogP contribution in [-0.4, -0.2) is 37.7 Å². The van der Waals surface area contributed by atoms with Crippen LogP contribution in [0.4, 0.5) is 11.4 Å². The molecule has 2 heterocycles. The van der Waals surface area contributed by atoms with Gasteiger partial charge in [0.05, 0.1) is 11.4 Å². The Morgan fingerprint density at radius 1 is 1.11 bits per heavy atom. The smallest absolute Gasteiger partial charge is 0.257 e. The summed E-state index contributed by atoms with van der Waals surface area (Å²) in [4.78, 5) is 26.2. The lowest BCUT2D eigenvalue weighted by Gasteiger charge is -2.22. The first-order valence-corrected chi connectivity index (χ1v) is 10.4. The Morgan fingerprint density at radius 2 is 1.81 bits per heavy atom. The predicted octanol–water partition coefficient (Wildman–Crippen LogP) is 1.65. The standard InChI is InChI=1S/C17H14N4O4S2/c18-15(22)10-1-4-12(5-2-10)19-16(23)11-3-6-13-14(9-11)26-17-20-27(24,25)8-7-21(13)17/h1-6,9H,7-8H2,(H2,18,22)(H,19,23). The van der Waals surface area contributed by atoms with Crippen molar-refractivity contribution in [1.29, 1.82) is 0 Å². The van der Waals surface area contributed by atoms with Crippen molar-refractivity contribution in [3.63, 3.8) is 0 Å². The van der Waals surface area contributed by atoms with Gasteiger partial charge in [-0.05, 0) is 54.2 Å². The molecule has 0 aliphatic carbocycles. The molecule has 0 aromatic heterocycles. The molecule has 0 spiro atoms. The summed E-state index contributed by atoms with van der Waals surface area (Å²) in [5.41, 5.74) is 7.36. The number of sulfonamides is 1. The molecule has 2 amide bonds. The van der Waals surface area contributed by atoms with Gasteiger partial charge in [0.1, 0.15) is 0 Å². The molecule has 2 aromatic carbocycles. The molecule has 4 rings (SSSR count). The first-order chi connectivity index (χ1) is 12.8. The molecule has 2 aliphatic rings. The van der Waals surface area contributed by atoms with Crippen molar-refractivity contribution in [1.82, 2.24) is 0 Å². The molecule has 0 saturated carbocycles. The number of fused-ring (bicyclic) bond motifs is 3. The maximum absolute atomic E-state index is 12.5. The zero-order valence-electron chi connectivity index (χ0n) is 13.9. The number of carbonyl (C=O) groups excluding carboxylic acids is 2. The van der Waals surface area contributed by atoms with E-state index in [-0.39, 0.29) is 11.7 Å². The summed E-state index contributed by atoms with van der Waals surface area (Å²) in [7, 11) is -3.42. The number of rotatable bonds is 3. The first kappa shape index (κ1) is 17.6. The fourth-order valence-electron chi connectivity index (χ4n) is 2.79. The summed E-state index contributed by atoms with van der Waals surface area (Å²) >= 11 is 1.23. The van der Waals surface area contributed by atoms with E-state index in [4.69, 9.17) is 5.73 Å². The lowest BCUT2D eigenvalue weighted by atomic mass is 10.1. The van der Waals surface area contributed by atoms with Crippen LogP contribution in [0.5, 0.6) is 0 Å². The van der Waals surface area contributed by atoms with Crippen LogP contribution in [0.2, 0.25) is 0 Å². The Labute approximate surface area is 159 Å². The molecule has 0 saturated heterocycles. The van der Waals surface area contributed by atoms with Crippen LogP contribution in [0.15, 0.2) is 51.8 Å². The second-order valence-electron chi connectivity index (χ2n) is 5.99. The Bertz CT molecular complexity index is 1090. The summed E-state index contributed by atoms with van der Waals surface area (Å²) in [6.07, 6.45) is 0. The van der Waals surface area contributed by atoms with Gasteiger partial charge in [-0.15, -0.1) is 4.40 Å². The van der Waals surface area contributed by atoms with Gasteiger partial charge in [-0.25, -0.2) is 8.42 Å². The number of nitrogens with one attached hydrogen (secondary N) is 1. The number of carbonyl (C=O) groups is 2. The molecule has 0 radical (unpaired) electrons. The Balaban J connectivity index is 1.55. The zero-order valence-corrected chi connectivity index (χ0v) is 15.5. The predicted molar refractivity (Wildman–Crippen MR) is 104 cm³/mol. The third-order valence-electron chi connectivity index (χ3n) is 4.16. The largest absolute Gasteiger partial charge is 0.366 e. The van der Waals surface area contributed by atoms with Crippen molar-refractivity contribution in [3.05, 3.63) is 53.6 Å². The van der Waals surface area contributed by atoms with Gasteiger partial charge in [0.15, 0.2) is 5.17 Å². The van der Waals surface area contributed by atoms with Crippen molar-refractivity contribution >= 4 is 50.1 Å². The van der Waals surface area contributed by atoms with E-state index in [1.165, 1.54) is 23.9 Å². The Morgan fingerprint density at radius 3 is 2.52 bits per heavy atom. The second kappa shape index (κ2) is 6.39. The van der Waals surface area contributed by atoms with Crippen LogP contribution >= 0.6 is 11.8 Å². The average Bonchev–Trinajstić information content (AvgIpc) is 2.97. The highest BCUT2D eigenvalue weighted by atomic mass is 32.2. The van der Waals surface area contributed by atoms with Gasteiger partial charge in [0.25, 0.3) is 15.9 Å². The number of nitrogens with zero attached hydrogens (tertiary/aromatic N) is 2. The molecule has 10 heteroatoms. The number of anilines is 2.